The van der Waals surface area contributed by atoms with Crippen molar-refractivity contribution in [2.24, 2.45) is 0 Å². The van der Waals surface area contributed by atoms with Crippen molar-refractivity contribution in [1.29, 1.82) is 0 Å². The van der Waals surface area contributed by atoms with Crippen LogP contribution in [0.1, 0.15) is 23.4 Å². The number of aromatic nitrogens is 3. The molecule has 0 fully saturated rings. The molecule has 2 N–H and O–H groups in total. The third-order valence-corrected chi connectivity index (χ3v) is 4.70. The zero-order valence-corrected chi connectivity index (χ0v) is 13.9. The molecule has 0 saturated heterocycles. The van der Waals surface area contributed by atoms with Gasteiger partial charge in [-0.3, -0.25) is 0 Å². The van der Waals surface area contributed by atoms with Gasteiger partial charge in [-0.25, -0.2) is 4.98 Å². The van der Waals surface area contributed by atoms with Crippen molar-refractivity contribution < 1.29 is 5.11 Å². The molecule has 0 saturated carbocycles. The molecule has 0 aliphatic carbocycles. The van der Waals surface area contributed by atoms with E-state index in [0.717, 1.165) is 34.0 Å². The first-order valence-corrected chi connectivity index (χ1v) is 8.26. The van der Waals surface area contributed by atoms with Gasteiger partial charge in [-0.2, -0.15) is 9.61 Å². The summed E-state index contributed by atoms with van der Waals surface area (Å²) in [6.45, 7) is 6.98. The molecule has 0 spiro atoms. The maximum Gasteiger partial charge on any atom is 0.166 e. The zero-order valence-electron chi connectivity index (χ0n) is 13.1. The fourth-order valence-electron chi connectivity index (χ4n) is 2.55. The van der Waals surface area contributed by atoms with E-state index in [9.17, 15) is 0 Å². The molecule has 22 heavy (non-hydrogen) atoms. The molecule has 0 aliphatic heterocycles. The summed E-state index contributed by atoms with van der Waals surface area (Å²) in [5.41, 5.74) is 5.05. The molecule has 0 atom stereocenters. The number of nitrogens with one attached hydrogen (secondary N) is 1. The lowest BCUT2D eigenvalue weighted by molar-refractivity contribution is 0.292. The van der Waals surface area contributed by atoms with Gasteiger partial charge < -0.3 is 10.4 Å². The summed E-state index contributed by atoms with van der Waals surface area (Å²) in [5.74, 6) is 0.960. The Balaban J connectivity index is 2.19. The number of rotatable bonds is 5. The molecular formula is C16H20N4OS. The van der Waals surface area contributed by atoms with Crippen LogP contribution >= 0.6 is 11.3 Å². The fraction of sp³-hybridized carbons (Fsp3) is 0.375. The van der Waals surface area contributed by atoms with Gasteiger partial charge in [0.1, 0.15) is 5.82 Å². The molecule has 3 heterocycles. The topological polar surface area (TPSA) is 62.5 Å². The van der Waals surface area contributed by atoms with Crippen molar-refractivity contribution in [2.45, 2.75) is 27.2 Å². The Kier molecular flexibility index (Phi) is 4.13. The largest absolute Gasteiger partial charge is 0.396 e. The van der Waals surface area contributed by atoms with Crippen molar-refractivity contribution in [3.8, 4) is 10.4 Å². The smallest absolute Gasteiger partial charge is 0.166 e. The number of hydrogen-bond acceptors (Lipinski definition) is 5. The molecule has 0 aliphatic rings. The van der Waals surface area contributed by atoms with E-state index in [4.69, 9.17) is 10.1 Å². The summed E-state index contributed by atoms with van der Waals surface area (Å²) < 4.78 is 1.89. The molecule has 3 aromatic rings. The number of aliphatic hydroxyl groups excluding tert-OH is 1. The Morgan fingerprint density at radius 2 is 2.09 bits per heavy atom. The third kappa shape index (κ3) is 2.48. The van der Waals surface area contributed by atoms with E-state index in [1.54, 1.807) is 11.3 Å². The van der Waals surface area contributed by atoms with Crippen LogP contribution < -0.4 is 5.32 Å². The second-order valence-corrected chi connectivity index (χ2v) is 6.30. The fourth-order valence-corrected chi connectivity index (χ4v) is 3.37. The summed E-state index contributed by atoms with van der Waals surface area (Å²) in [6, 6.07) is 4.15. The zero-order chi connectivity index (χ0) is 15.7. The predicted molar refractivity (Wildman–Crippen MR) is 90.7 cm³/mol. The number of hydrogen-bond donors (Lipinski definition) is 2. The van der Waals surface area contributed by atoms with Crippen LogP contribution in [0.5, 0.6) is 0 Å². The number of anilines is 1. The third-order valence-electron chi connectivity index (χ3n) is 3.81. The van der Waals surface area contributed by atoms with Gasteiger partial charge in [0.2, 0.25) is 0 Å². The minimum atomic E-state index is 0.178. The standard InChI is InChI=1S/C16H20N4OS/c1-10-11(2)18-16-14(13-6-4-9-22-13)12(3)19-20(16)15(10)17-7-5-8-21/h4,6,9,17,21H,5,7-8H2,1-3H3. The highest BCUT2D eigenvalue weighted by Crippen LogP contribution is 2.33. The van der Waals surface area contributed by atoms with E-state index in [2.05, 4.69) is 21.9 Å². The van der Waals surface area contributed by atoms with Crippen molar-refractivity contribution in [2.75, 3.05) is 18.5 Å². The molecule has 0 radical (unpaired) electrons. The average Bonchev–Trinajstić information content (AvgIpc) is 3.10. The maximum absolute atomic E-state index is 8.98. The highest BCUT2D eigenvalue weighted by molar-refractivity contribution is 7.13. The van der Waals surface area contributed by atoms with Gasteiger partial charge in [-0.05, 0) is 38.6 Å². The molecule has 116 valence electrons. The van der Waals surface area contributed by atoms with Gasteiger partial charge in [0.25, 0.3) is 0 Å². The number of nitrogens with zero attached hydrogens (tertiary/aromatic N) is 3. The van der Waals surface area contributed by atoms with Crippen LogP contribution in [0.4, 0.5) is 5.82 Å². The molecule has 0 bridgehead atoms. The molecule has 5 nitrogen and oxygen atoms in total. The van der Waals surface area contributed by atoms with Crippen LogP contribution in [0.15, 0.2) is 17.5 Å². The summed E-state index contributed by atoms with van der Waals surface area (Å²) in [4.78, 5) is 5.94. The summed E-state index contributed by atoms with van der Waals surface area (Å²) in [6.07, 6.45) is 0.709. The van der Waals surface area contributed by atoms with Crippen LogP contribution in [-0.4, -0.2) is 32.9 Å². The normalized spacial score (nSPS) is 11.3. The van der Waals surface area contributed by atoms with Gasteiger partial charge in [-0.1, -0.05) is 6.07 Å². The van der Waals surface area contributed by atoms with E-state index in [-0.39, 0.29) is 6.61 Å². The second kappa shape index (κ2) is 6.06. The maximum atomic E-state index is 8.98. The highest BCUT2D eigenvalue weighted by atomic mass is 32.1. The van der Waals surface area contributed by atoms with Crippen LogP contribution in [0.25, 0.3) is 16.1 Å². The van der Waals surface area contributed by atoms with Crippen LogP contribution in [0, 0.1) is 20.8 Å². The van der Waals surface area contributed by atoms with Crippen molar-refractivity contribution in [1.82, 2.24) is 14.6 Å². The average molecular weight is 316 g/mol. The monoisotopic (exact) mass is 316 g/mol. The number of aryl methyl sites for hydroxylation is 2. The Bertz CT molecular complexity index is 792. The first-order chi connectivity index (χ1) is 10.6. The minimum absolute atomic E-state index is 0.178. The summed E-state index contributed by atoms with van der Waals surface area (Å²) >= 11 is 1.70. The Morgan fingerprint density at radius 1 is 1.27 bits per heavy atom. The SMILES string of the molecule is Cc1nc2c(-c3cccs3)c(C)nn2c(NCCCO)c1C. The number of aliphatic hydroxyl groups is 1. The summed E-state index contributed by atoms with van der Waals surface area (Å²) in [7, 11) is 0. The Hall–Kier alpha value is -1.92. The van der Waals surface area contributed by atoms with E-state index >= 15 is 0 Å². The van der Waals surface area contributed by atoms with Crippen molar-refractivity contribution in [3.05, 3.63) is 34.5 Å². The van der Waals surface area contributed by atoms with E-state index in [0.29, 0.717) is 13.0 Å². The van der Waals surface area contributed by atoms with Crippen molar-refractivity contribution >= 4 is 22.8 Å². The second-order valence-electron chi connectivity index (χ2n) is 5.35. The van der Waals surface area contributed by atoms with E-state index in [1.807, 2.05) is 31.4 Å². The molecule has 0 amide bonds. The summed E-state index contributed by atoms with van der Waals surface area (Å²) in [5, 5.41) is 19.1. The minimum Gasteiger partial charge on any atom is -0.396 e. The molecule has 3 rings (SSSR count). The predicted octanol–water partition coefficient (Wildman–Crippen LogP) is 3.18. The first kappa shape index (κ1) is 15.0. The van der Waals surface area contributed by atoms with Gasteiger partial charge in [0.05, 0.1) is 11.3 Å². The quantitative estimate of drug-likeness (QED) is 0.710. The Labute approximate surface area is 133 Å². The lowest BCUT2D eigenvalue weighted by Crippen LogP contribution is -2.11. The van der Waals surface area contributed by atoms with Crippen LogP contribution in [0.2, 0.25) is 0 Å². The lowest BCUT2D eigenvalue weighted by atomic mass is 10.2. The highest BCUT2D eigenvalue weighted by Gasteiger charge is 2.18. The lowest BCUT2D eigenvalue weighted by Gasteiger charge is -2.13. The van der Waals surface area contributed by atoms with Gasteiger partial charge >= 0.3 is 0 Å². The van der Waals surface area contributed by atoms with E-state index in [1.165, 1.54) is 4.88 Å². The molecule has 0 aromatic carbocycles. The van der Waals surface area contributed by atoms with Crippen LogP contribution in [-0.2, 0) is 0 Å². The first-order valence-electron chi connectivity index (χ1n) is 7.38. The number of fused-ring (bicyclic) bond motifs is 1. The van der Waals surface area contributed by atoms with Gasteiger partial charge in [0.15, 0.2) is 5.65 Å². The number of thiophene rings is 1. The van der Waals surface area contributed by atoms with Crippen molar-refractivity contribution in [3.63, 3.8) is 0 Å². The van der Waals surface area contributed by atoms with Gasteiger partial charge in [0, 0.05) is 29.3 Å². The van der Waals surface area contributed by atoms with E-state index < -0.39 is 0 Å². The van der Waals surface area contributed by atoms with Crippen LogP contribution in [0.3, 0.4) is 0 Å². The molecule has 3 aromatic heterocycles. The Morgan fingerprint density at radius 3 is 2.77 bits per heavy atom. The molecular weight excluding hydrogens is 296 g/mol. The van der Waals surface area contributed by atoms with Gasteiger partial charge in [-0.15, -0.1) is 11.3 Å². The molecule has 6 heteroatoms. The molecule has 0 unspecified atom stereocenters.